The smallest absolute Gasteiger partial charge is 0.251 e. The number of nitrogens with two attached hydrogens (primary N) is 1. The molecule has 4 N–H and O–H groups in total. The second kappa shape index (κ2) is 11.6. The average Bonchev–Trinajstić information content (AvgIpc) is 2.96. The van der Waals surface area contributed by atoms with E-state index in [-0.39, 0.29) is 17.9 Å². The molecular formula is C26H27Cl3N4O2. The van der Waals surface area contributed by atoms with Crippen molar-refractivity contribution in [2.75, 3.05) is 19.6 Å². The number of rotatable bonds is 7. The molecule has 1 aliphatic rings. The molecule has 1 unspecified atom stereocenters. The summed E-state index contributed by atoms with van der Waals surface area (Å²) in [5.41, 5.74) is 7.22. The van der Waals surface area contributed by atoms with Crippen LogP contribution in [0.3, 0.4) is 0 Å². The summed E-state index contributed by atoms with van der Waals surface area (Å²) >= 11 is 18.3. The SMILES string of the molecule is NCCC1N[C@H](CNC(=O)c2ccc3cc(Cl)ccc3c2)CCN(Cc2cc(Cl)cc(Cl)c2)C1=O. The first-order chi connectivity index (χ1) is 16.8. The van der Waals surface area contributed by atoms with E-state index in [4.69, 9.17) is 40.5 Å². The van der Waals surface area contributed by atoms with E-state index in [2.05, 4.69) is 10.6 Å². The van der Waals surface area contributed by atoms with Gasteiger partial charge in [-0.2, -0.15) is 0 Å². The van der Waals surface area contributed by atoms with Gasteiger partial charge in [0.25, 0.3) is 5.91 Å². The Bertz CT molecular complexity index is 1220. The predicted molar refractivity (Wildman–Crippen MR) is 142 cm³/mol. The first kappa shape index (κ1) is 25.7. The molecule has 4 rings (SSSR count). The Morgan fingerprint density at radius 3 is 2.46 bits per heavy atom. The van der Waals surface area contributed by atoms with Gasteiger partial charge in [-0.15, -0.1) is 0 Å². The van der Waals surface area contributed by atoms with E-state index in [0.717, 1.165) is 16.3 Å². The molecule has 0 bridgehead atoms. The van der Waals surface area contributed by atoms with Crippen LogP contribution >= 0.6 is 34.8 Å². The third-order valence-corrected chi connectivity index (χ3v) is 6.79. The fourth-order valence-corrected chi connectivity index (χ4v) is 5.12. The van der Waals surface area contributed by atoms with E-state index < -0.39 is 6.04 Å². The molecule has 3 aromatic rings. The molecule has 1 heterocycles. The number of hydrogen-bond donors (Lipinski definition) is 3. The van der Waals surface area contributed by atoms with Crippen LogP contribution in [0.5, 0.6) is 0 Å². The third kappa shape index (κ3) is 6.66. The summed E-state index contributed by atoms with van der Waals surface area (Å²) in [6.45, 7) is 1.71. The average molecular weight is 534 g/mol. The molecular weight excluding hydrogens is 507 g/mol. The fourth-order valence-electron chi connectivity index (χ4n) is 4.37. The Kier molecular flexibility index (Phi) is 8.52. The molecule has 2 amide bonds. The van der Waals surface area contributed by atoms with Crippen LogP contribution in [-0.4, -0.2) is 48.4 Å². The van der Waals surface area contributed by atoms with Crippen molar-refractivity contribution in [3.63, 3.8) is 0 Å². The lowest BCUT2D eigenvalue weighted by atomic mass is 10.1. The number of fused-ring (bicyclic) bond motifs is 1. The first-order valence-corrected chi connectivity index (χ1v) is 12.6. The van der Waals surface area contributed by atoms with E-state index in [0.29, 0.717) is 59.7 Å². The highest BCUT2D eigenvalue weighted by Gasteiger charge is 2.30. The lowest BCUT2D eigenvalue weighted by Gasteiger charge is -2.24. The topological polar surface area (TPSA) is 87.5 Å². The number of amides is 2. The Hall–Kier alpha value is -2.35. The van der Waals surface area contributed by atoms with Crippen molar-refractivity contribution in [3.8, 4) is 0 Å². The Morgan fingerprint density at radius 2 is 1.71 bits per heavy atom. The summed E-state index contributed by atoms with van der Waals surface area (Å²) in [5, 5.41) is 10.0. The van der Waals surface area contributed by atoms with Gasteiger partial charge < -0.3 is 21.3 Å². The minimum absolute atomic E-state index is 0.0198. The van der Waals surface area contributed by atoms with E-state index >= 15 is 0 Å². The Labute approximate surface area is 219 Å². The van der Waals surface area contributed by atoms with Gasteiger partial charge in [0.1, 0.15) is 0 Å². The maximum Gasteiger partial charge on any atom is 0.251 e. The molecule has 0 saturated carbocycles. The fraction of sp³-hybridized carbons (Fsp3) is 0.308. The van der Waals surface area contributed by atoms with Gasteiger partial charge in [0, 0.05) is 46.3 Å². The van der Waals surface area contributed by atoms with Gasteiger partial charge in [-0.1, -0.05) is 46.9 Å². The van der Waals surface area contributed by atoms with Crippen molar-refractivity contribution >= 4 is 57.4 Å². The van der Waals surface area contributed by atoms with E-state index in [1.807, 2.05) is 36.4 Å². The molecule has 1 saturated heterocycles. The molecule has 6 nitrogen and oxygen atoms in total. The van der Waals surface area contributed by atoms with Gasteiger partial charge in [-0.3, -0.25) is 9.59 Å². The van der Waals surface area contributed by atoms with E-state index in [9.17, 15) is 9.59 Å². The van der Waals surface area contributed by atoms with Crippen LogP contribution in [0.1, 0.15) is 28.8 Å². The summed E-state index contributed by atoms with van der Waals surface area (Å²) in [5.74, 6) is -0.186. The minimum atomic E-state index is -0.426. The summed E-state index contributed by atoms with van der Waals surface area (Å²) in [6.07, 6.45) is 1.18. The number of halogens is 3. The highest BCUT2D eigenvalue weighted by molar-refractivity contribution is 6.34. The molecule has 0 radical (unpaired) electrons. The zero-order valence-corrected chi connectivity index (χ0v) is 21.3. The predicted octanol–water partition coefficient (Wildman–Crippen LogP) is 4.64. The van der Waals surface area contributed by atoms with Gasteiger partial charge in [0.2, 0.25) is 5.91 Å². The van der Waals surface area contributed by atoms with Crippen molar-refractivity contribution in [3.05, 3.63) is 80.8 Å². The monoisotopic (exact) mass is 532 g/mol. The van der Waals surface area contributed by atoms with E-state index in [1.54, 1.807) is 23.1 Å². The van der Waals surface area contributed by atoms with Crippen molar-refractivity contribution < 1.29 is 9.59 Å². The van der Waals surface area contributed by atoms with Gasteiger partial charge in [0.05, 0.1) is 6.04 Å². The Balaban J connectivity index is 1.42. The largest absolute Gasteiger partial charge is 0.350 e. The number of nitrogens with one attached hydrogen (secondary N) is 2. The number of carbonyl (C=O) groups excluding carboxylic acids is 2. The lowest BCUT2D eigenvalue weighted by Crippen LogP contribution is -2.49. The van der Waals surface area contributed by atoms with Crippen LogP contribution in [0.15, 0.2) is 54.6 Å². The first-order valence-electron chi connectivity index (χ1n) is 11.5. The molecule has 0 aromatic heterocycles. The number of carbonyl (C=O) groups is 2. The van der Waals surface area contributed by atoms with Crippen LogP contribution in [0.25, 0.3) is 10.8 Å². The second-order valence-electron chi connectivity index (χ2n) is 8.74. The number of hydrogen-bond acceptors (Lipinski definition) is 4. The van der Waals surface area contributed by atoms with Gasteiger partial charge >= 0.3 is 0 Å². The minimum Gasteiger partial charge on any atom is -0.350 e. The maximum absolute atomic E-state index is 13.2. The van der Waals surface area contributed by atoms with Crippen LogP contribution in [0, 0.1) is 0 Å². The lowest BCUT2D eigenvalue weighted by molar-refractivity contribution is -0.133. The van der Waals surface area contributed by atoms with Gasteiger partial charge in [-0.05, 0) is 78.2 Å². The molecule has 35 heavy (non-hydrogen) atoms. The molecule has 9 heteroatoms. The summed E-state index contributed by atoms with van der Waals surface area (Å²) < 4.78 is 0. The van der Waals surface area contributed by atoms with Gasteiger partial charge in [-0.25, -0.2) is 0 Å². The summed E-state index contributed by atoms with van der Waals surface area (Å²) in [7, 11) is 0. The standard InChI is InChI=1S/C26H27Cl3N4O2/c27-20-4-3-17-11-19(2-1-18(17)12-20)25(34)31-14-23-6-8-33(26(35)24(32-23)5-7-30)15-16-9-21(28)13-22(29)10-16/h1-4,9-13,23-24,32H,5-8,14-15,30H2,(H,31,34)/t23-,24?/m0/s1. The van der Waals surface area contributed by atoms with Gasteiger partial charge in [0.15, 0.2) is 0 Å². The van der Waals surface area contributed by atoms with E-state index in [1.165, 1.54) is 0 Å². The molecule has 184 valence electrons. The highest BCUT2D eigenvalue weighted by Crippen LogP contribution is 2.22. The van der Waals surface area contributed by atoms with Crippen molar-refractivity contribution in [2.45, 2.75) is 31.5 Å². The van der Waals surface area contributed by atoms with Crippen LogP contribution < -0.4 is 16.4 Å². The normalized spacial score (nSPS) is 18.5. The second-order valence-corrected chi connectivity index (χ2v) is 10.0. The maximum atomic E-state index is 13.2. The highest BCUT2D eigenvalue weighted by atomic mass is 35.5. The molecule has 2 atom stereocenters. The molecule has 1 fully saturated rings. The Morgan fingerprint density at radius 1 is 1.00 bits per heavy atom. The number of benzene rings is 3. The van der Waals surface area contributed by atoms with Crippen LogP contribution in [-0.2, 0) is 11.3 Å². The molecule has 3 aromatic carbocycles. The zero-order valence-electron chi connectivity index (χ0n) is 19.1. The van der Waals surface area contributed by atoms with Crippen molar-refractivity contribution in [1.29, 1.82) is 0 Å². The quantitative estimate of drug-likeness (QED) is 0.413. The summed E-state index contributed by atoms with van der Waals surface area (Å²) in [6, 6.07) is 15.9. The number of nitrogens with zero attached hydrogens (tertiary/aromatic N) is 1. The molecule has 0 aliphatic carbocycles. The van der Waals surface area contributed by atoms with Crippen molar-refractivity contribution in [2.24, 2.45) is 5.73 Å². The third-order valence-electron chi connectivity index (χ3n) is 6.12. The summed E-state index contributed by atoms with van der Waals surface area (Å²) in [4.78, 5) is 27.8. The zero-order chi connectivity index (χ0) is 24.9. The van der Waals surface area contributed by atoms with Crippen LogP contribution in [0.4, 0.5) is 0 Å². The molecule has 0 spiro atoms. The van der Waals surface area contributed by atoms with Crippen LogP contribution in [0.2, 0.25) is 15.1 Å². The molecule has 1 aliphatic heterocycles. The van der Waals surface area contributed by atoms with Crippen molar-refractivity contribution in [1.82, 2.24) is 15.5 Å².